The molecule has 112 valence electrons. The highest BCUT2D eigenvalue weighted by Gasteiger charge is 2.34. The molecule has 0 heterocycles. The van der Waals surface area contributed by atoms with Gasteiger partial charge in [-0.3, -0.25) is 0 Å². The first-order chi connectivity index (χ1) is 9.90. The lowest BCUT2D eigenvalue weighted by Gasteiger charge is -2.15. The molecule has 0 spiro atoms. The van der Waals surface area contributed by atoms with Gasteiger partial charge in [0.2, 0.25) is 0 Å². The molecule has 6 heteroatoms. The Labute approximate surface area is 124 Å². The fraction of sp³-hybridized carbons (Fsp3) is 0.200. The smallest absolute Gasteiger partial charge is 0.419 e. The number of hydrogen-bond donors (Lipinski definition) is 0. The summed E-state index contributed by atoms with van der Waals surface area (Å²) < 4.78 is 57.1. The van der Waals surface area contributed by atoms with Crippen molar-refractivity contribution in [2.45, 2.75) is 18.7 Å². The predicted molar refractivity (Wildman–Crippen MR) is 71.7 cm³/mol. The molecular formula is C15H11ClF4O. The van der Waals surface area contributed by atoms with E-state index in [-0.39, 0.29) is 18.2 Å². The number of ether oxygens (including phenoxy) is 1. The third-order valence-electron chi connectivity index (χ3n) is 2.79. The maximum atomic E-state index is 13.0. The fourth-order valence-corrected chi connectivity index (χ4v) is 1.96. The second-order valence-electron chi connectivity index (χ2n) is 4.38. The highest BCUT2D eigenvalue weighted by molar-refractivity contribution is 6.17. The molecular weight excluding hydrogens is 308 g/mol. The highest BCUT2D eigenvalue weighted by atomic mass is 35.5. The maximum Gasteiger partial charge on any atom is 0.419 e. The van der Waals surface area contributed by atoms with E-state index in [1.54, 1.807) is 6.07 Å². The highest BCUT2D eigenvalue weighted by Crippen LogP contribution is 2.37. The number of rotatable bonds is 4. The summed E-state index contributed by atoms with van der Waals surface area (Å²) in [6.07, 6.45) is -4.54. The number of hydrogen-bond acceptors (Lipinski definition) is 1. The van der Waals surface area contributed by atoms with Crippen LogP contribution in [0.25, 0.3) is 0 Å². The van der Waals surface area contributed by atoms with Crippen LogP contribution < -0.4 is 4.74 Å². The Kier molecular flexibility index (Phi) is 4.73. The first kappa shape index (κ1) is 15.6. The summed E-state index contributed by atoms with van der Waals surface area (Å²) in [5.41, 5.74) is -0.0938. The van der Waals surface area contributed by atoms with E-state index in [0.29, 0.717) is 11.1 Å². The molecule has 1 nitrogen and oxygen atoms in total. The van der Waals surface area contributed by atoms with E-state index in [2.05, 4.69) is 0 Å². The normalized spacial score (nSPS) is 11.5. The van der Waals surface area contributed by atoms with Crippen LogP contribution in [0.2, 0.25) is 0 Å². The molecule has 0 aromatic heterocycles. The zero-order valence-corrected chi connectivity index (χ0v) is 11.5. The zero-order chi connectivity index (χ0) is 15.5. The van der Waals surface area contributed by atoms with Gasteiger partial charge in [-0.15, -0.1) is 11.6 Å². The Hall–Kier alpha value is -1.75. The molecule has 0 aliphatic heterocycles. The Morgan fingerprint density at radius 2 is 1.76 bits per heavy atom. The van der Waals surface area contributed by atoms with Crippen molar-refractivity contribution in [2.24, 2.45) is 0 Å². The lowest BCUT2D eigenvalue weighted by molar-refractivity contribution is -0.139. The number of halogens is 5. The lowest BCUT2D eigenvalue weighted by atomic mass is 10.1. The number of benzene rings is 2. The van der Waals surface area contributed by atoms with Crippen LogP contribution in [0.4, 0.5) is 17.6 Å². The summed E-state index contributed by atoms with van der Waals surface area (Å²) in [7, 11) is 0. The van der Waals surface area contributed by atoms with Gasteiger partial charge in [-0.25, -0.2) is 4.39 Å². The largest absolute Gasteiger partial charge is 0.488 e. The summed E-state index contributed by atoms with van der Waals surface area (Å²) in [5.74, 6) is -0.793. The van der Waals surface area contributed by atoms with E-state index >= 15 is 0 Å². The summed E-state index contributed by atoms with van der Waals surface area (Å²) in [6, 6.07) is 9.13. The predicted octanol–water partition coefficient (Wildman–Crippen LogP) is 5.16. The van der Waals surface area contributed by atoms with Crippen LogP contribution in [0.5, 0.6) is 5.75 Å². The summed E-state index contributed by atoms with van der Waals surface area (Å²) in [5, 5.41) is 0. The molecule has 0 atom stereocenters. The van der Waals surface area contributed by atoms with Crippen LogP contribution in [-0.4, -0.2) is 0 Å². The molecule has 0 saturated heterocycles. The molecule has 2 aromatic carbocycles. The minimum absolute atomic E-state index is 0.0206. The Morgan fingerprint density at radius 3 is 2.38 bits per heavy atom. The van der Waals surface area contributed by atoms with Crippen molar-refractivity contribution in [1.29, 1.82) is 0 Å². The Morgan fingerprint density at radius 1 is 1.00 bits per heavy atom. The van der Waals surface area contributed by atoms with Gasteiger partial charge >= 0.3 is 6.18 Å². The zero-order valence-electron chi connectivity index (χ0n) is 10.8. The van der Waals surface area contributed by atoms with Gasteiger partial charge in [0.1, 0.15) is 18.2 Å². The number of alkyl halides is 4. The van der Waals surface area contributed by atoms with Gasteiger partial charge in [0.25, 0.3) is 0 Å². The van der Waals surface area contributed by atoms with Crippen molar-refractivity contribution in [3.63, 3.8) is 0 Å². The summed E-state index contributed by atoms with van der Waals surface area (Å²) in [6.45, 7) is -0.152. The third-order valence-corrected chi connectivity index (χ3v) is 3.10. The van der Waals surface area contributed by atoms with E-state index in [9.17, 15) is 17.6 Å². The lowest BCUT2D eigenvalue weighted by Crippen LogP contribution is -2.09. The monoisotopic (exact) mass is 318 g/mol. The second-order valence-corrected chi connectivity index (χ2v) is 4.65. The van der Waals surface area contributed by atoms with Gasteiger partial charge < -0.3 is 4.74 Å². The molecule has 2 rings (SSSR count). The van der Waals surface area contributed by atoms with Gasteiger partial charge in [0, 0.05) is 5.88 Å². The van der Waals surface area contributed by atoms with E-state index in [0.717, 1.165) is 6.07 Å². The molecule has 0 aliphatic rings. The molecule has 21 heavy (non-hydrogen) atoms. The SMILES string of the molecule is Fc1cccc(COc2ccc(CCl)cc2C(F)(F)F)c1. The van der Waals surface area contributed by atoms with E-state index in [1.165, 1.54) is 30.3 Å². The van der Waals surface area contributed by atoms with Gasteiger partial charge in [-0.2, -0.15) is 13.2 Å². The quantitative estimate of drug-likeness (QED) is 0.558. The van der Waals surface area contributed by atoms with Crippen molar-refractivity contribution >= 4 is 11.6 Å². The van der Waals surface area contributed by atoms with Gasteiger partial charge in [0.15, 0.2) is 0 Å². The molecule has 0 bridgehead atoms. The second kappa shape index (κ2) is 6.35. The average Bonchev–Trinajstić information content (AvgIpc) is 2.44. The molecule has 0 amide bonds. The van der Waals surface area contributed by atoms with Crippen molar-refractivity contribution in [2.75, 3.05) is 0 Å². The topological polar surface area (TPSA) is 9.23 Å². The van der Waals surface area contributed by atoms with Crippen LogP contribution in [0.15, 0.2) is 42.5 Å². The van der Waals surface area contributed by atoms with Gasteiger partial charge in [-0.1, -0.05) is 18.2 Å². The Bertz CT molecular complexity index is 625. The van der Waals surface area contributed by atoms with Crippen LogP contribution in [-0.2, 0) is 18.7 Å². The van der Waals surface area contributed by atoms with Crippen molar-refractivity contribution < 1.29 is 22.3 Å². The summed E-state index contributed by atoms with van der Waals surface area (Å²) >= 11 is 5.54. The third kappa shape index (κ3) is 4.11. The van der Waals surface area contributed by atoms with Crippen LogP contribution in [0.1, 0.15) is 16.7 Å². The minimum Gasteiger partial charge on any atom is -0.488 e. The van der Waals surface area contributed by atoms with Gasteiger partial charge in [0.05, 0.1) is 5.56 Å². The van der Waals surface area contributed by atoms with Crippen LogP contribution >= 0.6 is 11.6 Å². The molecule has 0 radical (unpaired) electrons. The van der Waals surface area contributed by atoms with Crippen LogP contribution in [0, 0.1) is 5.82 Å². The van der Waals surface area contributed by atoms with Crippen LogP contribution in [0.3, 0.4) is 0 Å². The fourth-order valence-electron chi connectivity index (χ4n) is 1.80. The average molecular weight is 319 g/mol. The first-order valence-electron chi connectivity index (χ1n) is 6.03. The maximum absolute atomic E-state index is 13.0. The van der Waals surface area contributed by atoms with E-state index in [1.807, 2.05) is 0 Å². The van der Waals surface area contributed by atoms with E-state index < -0.39 is 17.6 Å². The van der Waals surface area contributed by atoms with Crippen molar-refractivity contribution in [1.82, 2.24) is 0 Å². The van der Waals surface area contributed by atoms with E-state index in [4.69, 9.17) is 16.3 Å². The first-order valence-corrected chi connectivity index (χ1v) is 6.57. The molecule has 2 aromatic rings. The summed E-state index contributed by atoms with van der Waals surface area (Å²) in [4.78, 5) is 0. The Balaban J connectivity index is 2.23. The molecule has 0 unspecified atom stereocenters. The van der Waals surface area contributed by atoms with Crippen molar-refractivity contribution in [3.8, 4) is 5.75 Å². The molecule has 0 fully saturated rings. The molecule has 0 saturated carbocycles. The standard InChI is InChI=1S/C15H11ClF4O/c16-8-10-4-5-14(13(7-10)15(18,19)20)21-9-11-2-1-3-12(17)6-11/h1-7H,8-9H2. The molecule has 0 N–H and O–H groups in total. The van der Waals surface area contributed by atoms with Gasteiger partial charge in [-0.05, 0) is 35.4 Å². The minimum atomic E-state index is -4.54. The van der Waals surface area contributed by atoms with Crippen molar-refractivity contribution in [3.05, 3.63) is 65.0 Å². The molecule has 0 aliphatic carbocycles.